The number of aromatic nitrogens is 1. The number of hydrogen-bond acceptors (Lipinski definition) is 2. The molecule has 0 aliphatic heterocycles. The largest absolute Gasteiger partial charge is 0.383 e. The highest BCUT2D eigenvalue weighted by molar-refractivity contribution is 9.10. The maximum Gasteiger partial charge on any atom is 0.127 e. The summed E-state index contributed by atoms with van der Waals surface area (Å²) in [6.45, 7) is 4.18. The Morgan fingerprint density at radius 1 is 1.40 bits per heavy atom. The smallest absolute Gasteiger partial charge is 0.127 e. The molecule has 0 saturated heterocycles. The molecule has 2 N–H and O–H groups in total. The van der Waals surface area contributed by atoms with Crippen molar-refractivity contribution in [3.8, 4) is 0 Å². The van der Waals surface area contributed by atoms with Gasteiger partial charge in [0.2, 0.25) is 0 Å². The van der Waals surface area contributed by atoms with Gasteiger partial charge >= 0.3 is 0 Å². The van der Waals surface area contributed by atoms with E-state index in [1.54, 1.807) is 0 Å². The van der Waals surface area contributed by atoms with Crippen molar-refractivity contribution in [1.29, 1.82) is 0 Å². The summed E-state index contributed by atoms with van der Waals surface area (Å²) in [6, 6.07) is 6.23. The third-order valence-corrected chi connectivity index (χ3v) is 3.29. The van der Waals surface area contributed by atoms with Gasteiger partial charge in [0.25, 0.3) is 0 Å². The fourth-order valence-electron chi connectivity index (χ4n) is 1.70. The van der Waals surface area contributed by atoms with E-state index in [1.807, 2.05) is 6.07 Å². The van der Waals surface area contributed by atoms with Crippen molar-refractivity contribution in [2.24, 2.45) is 0 Å². The van der Waals surface area contributed by atoms with Gasteiger partial charge in [-0.15, -0.1) is 0 Å². The fourth-order valence-corrected chi connectivity index (χ4v) is 2.14. The fraction of sp³-hybridized carbons (Fsp3) is 0.250. The number of benzene rings is 1. The number of halogens is 1. The molecule has 3 heteroatoms. The van der Waals surface area contributed by atoms with Crippen LogP contribution in [-0.4, -0.2) is 4.98 Å². The minimum absolute atomic E-state index is 0.635. The van der Waals surface area contributed by atoms with Gasteiger partial charge in [-0.3, -0.25) is 0 Å². The van der Waals surface area contributed by atoms with Crippen LogP contribution in [0.4, 0.5) is 5.82 Å². The van der Waals surface area contributed by atoms with E-state index in [0.717, 1.165) is 22.0 Å². The van der Waals surface area contributed by atoms with Gasteiger partial charge in [0.15, 0.2) is 0 Å². The van der Waals surface area contributed by atoms with E-state index >= 15 is 0 Å². The molecule has 0 atom stereocenters. The molecule has 78 valence electrons. The Balaban J connectivity index is 2.86. The van der Waals surface area contributed by atoms with Crippen LogP contribution in [0.1, 0.15) is 18.1 Å². The zero-order valence-electron chi connectivity index (χ0n) is 8.84. The van der Waals surface area contributed by atoms with Crippen LogP contribution in [0.5, 0.6) is 0 Å². The highest BCUT2D eigenvalue weighted by atomic mass is 79.9. The first-order valence-corrected chi connectivity index (χ1v) is 5.77. The van der Waals surface area contributed by atoms with E-state index in [4.69, 9.17) is 5.73 Å². The standard InChI is InChI=1S/C12H13BrN2/c1-3-8-6-9-7(2)4-5-10(13)11(9)15-12(8)14/h4-6H,3H2,1-2H3,(H2,14,15). The first kappa shape index (κ1) is 10.4. The highest BCUT2D eigenvalue weighted by Gasteiger charge is 2.07. The number of rotatable bonds is 1. The first-order valence-electron chi connectivity index (χ1n) is 4.97. The zero-order valence-corrected chi connectivity index (χ0v) is 10.4. The molecule has 0 fully saturated rings. The molecule has 1 aromatic heterocycles. The van der Waals surface area contributed by atoms with Crippen LogP contribution < -0.4 is 5.73 Å². The summed E-state index contributed by atoms with van der Waals surface area (Å²) in [5.74, 6) is 0.635. The second kappa shape index (κ2) is 3.81. The van der Waals surface area contributed by atoms with Crippen molar-refractivity contribution >= 4 is 32.7 Å². The lowest BCUT2D eigenvalue weighted by Crippen LogP contribution is -1.98. The van der Waals surface area contributed by atoms with Crippen LogP contribution in [0.2, 0.25) is 0 Å². The van der Waals surface area contributed by atoms with E-state index in [1.165, 1.54) is 10.9 Å². The van der Waals surface area contributed by atoms with E-state index in [0.29, 0.717) is 5.82 Å². The van der Waals surface area contributed by atoms with E-state index in [-0.39, 0.29) is 0 Å². The minimum atomic E-state index is 0.635. The summed E-state index contributed by atoms with van der Waals surface area (Å²) in [4.78, 5) is 4.44. The van der Waals surface area contributed by atoms with Gasteiger partial charge in [-0.05, 0) is 52.5 Å². The summed E-state index contributed by atoms with van der Waals surface area (Å²) in [5, 5.41) is 1.18. The molecule has 2 nitrogen and oxygen atoms in total. The predicted molar refractivity (Wildman–Crippen MR) is 68.0 cm³/mol. The van der Waals surface area contributed by atoms with E-state index in [2.05, 4.69) is 46.9 Å². The molecule has 0 saturated carbocycles. The van der Waals surface area contributed by atoms with Gasteiger partial charge in [0, 0.05) is 9.86 Å². The van der Waals surface area contributed by atoms with Gasteiger partial charge in [-0.1, -0.05) is 13.0 Å². The zero-order chi connectivity index (χ0) is 11.0. The molecule has 1 aromatic carbocycles. The number of pyridine rings is 1. The number of nitrogens with two attached hydrogens (primary N) is 1. The molecular formula is C12H13BrN2. The number of fused-ring (bicyclic) bond motifs is 1. The summed E-state index contributed by atoms with van der Waals surface area (Å²) in [6.07, 6.45) is 0.917. The lowest BCUT2D eigenvalue weighted by atomic mass is 10.1. The third-order valence-electron chi connectivity index (χ3n) is 2.65. The normalized spacial score (nSPS) is 10.9. The van der Waals surface area contributed by atoms with Crippen molar-refractivity contribution in [3.05, 3.63) is 33.8 Å². The Kier molecular flexibility index (Phi) is 2.65. The molecule has 0 bridgehead atoms. The van der Waals surface area contributed by atoms with Gasteiger partial charge in [-0.2, -0.15) is 0 Å². The Morgan fingerprint density at radius 3 is 2.80 bits per heavy atom. The molecule has 0 aliphatic carbocycles. The van der Waals surface area contributed by atoms with Crippen LogP contribution >= 0.6 is 15.9 Å². The third kappa shape index (κ3) is 1.72. The van der Waals surface area contributed by atoms with Crippen LogP contribution in [-0.2, 0) is 6.42 Å². The summed E-state index contributed by atoms with van der Waals surface area (Å²) < 4.78 is 0.998. The lowest BCUT2D eigenvalue weighted by Gasteiger charge is -2.08. The van der Waals surface area contributed by atoms with Gasteiger partial charge in [0.1, 0.15) is 5.82 Å². The molecule has 0 amide bonds. The van der Waals surface area contributed by atoms with Crippen molar-refractivity contribution in [2.75, 3.05) is 5.73 Å². The average Bonchev–Trinajstić information content (AvgIpc) is 2.23. The highest BCUT2D eigenvalue weighted by Crippen LogP contribution is 2.27. The average molecular weight is 265 g/mol. The number of nitrogen functional groups attached to an aromatic ring is 1. The second-order valence-corrected chi connectivity index (χ2v) is 4.50. The number of hydrogen-bond donors (Lipinski definition) is 1. The maximum absolute atomic E-state index is 5.88. The van der Waals surface area contributed by atoms with Gasteiger partial charge in [-0.25, -0.2) is 4.98 Å². The van der Waals surface area contributed by atoms with Crippen molar-refractivity contribution in [1.82, 2.24) is 4.98 Å². The predicted octanol–water partition coefficient (Wildman–Crippen LogP) is 3.45. The number of anilines is 1. The van der Waals surface area contributed by atoms with Gasteiger partial charge in [0.05, 0.1) is 5.52 Å². The molecule has 0 radical (unpaired) electrons. The molecule has 0 spiro atoms. The van der Waals surface area contributed by atoms with Crippen molar-refractivity contribution in [3.63, 3.8) is 0 Å². The van der Waals surface area contributed by atoms with Gasteiger partial charge < -0.3 is 5.73 Å². The molecular weight excluding hydrogens is 252 g/mol. The van der Waals surface area contributed by atoms with Crippen LogP contribution in [0.3, 0.4) is 0 Å². The number of aryl methyl sites for hydroxylation is 2. The molecule has 2 rings (SSSR count). The molecule has 0 unspecified atom stereocenters. The monoisotopic (exact) mass is 264 g/mol. The summed E-state index contributed by atoms with van der Waals surface area (Å²) in [5.41, 5.74) is 9.18. The molecule has 2 aromatic rings. The lowest BCUT2D eigenvalue weighted by molar-refractivity contribution is 1.13. The minimum Gasteiger partial charge on any atom is -0.383 e. The number of nitrogens with zero attached hydrogens (tertiary/aromatic N) is 1. The topological polar surface area (TPSA) is 38.9 Å². The van der Waals surface area contributed by atoms with Crippen LogP contribution in [0.15, 0.2) is 22.7 Å². The SMILES string of the molecule is CCc1cc2c(C)ccc(Br)c2nc1N. The first-order chi connectivity index (χ1) is 7.13. The molecule has 0 aliphatic rings. The Morgan fingerprint density at radius 2 is 2.13 bits per heavy atom. The quantitative estimate of drug-likeness (QED) is 0.857. The summed E-state index contributed by atoms with van der Waals surface area (Å²) in [7, 11) is 0. The van der Waals surface area contributed by atoms with Crippen LogP contribution in [0.25, 0.3) is 10.9 Å². The molecule has 15 heavy (non-hydrogen) atoms. The van der Waals surface area contributed by atoms with Crippen molar-refractivity contribution < 1.29 is 0 Å². The summed E-state index contributed by atoms with van der Waals surface area (Å²) >= 11 is 3.49. The Labute approximate surface area is 97.6 Å². The van der Waals surface area contributed by atoms with E-state index < -0.39 is 0 Å². The van der Waals surface area contributed by atoms with Crippen LogP contribution in [0, 0.1) is 6.92 Å². The Hall–Kier alpha value is -1.09. The molecule has 1 heterocycles. The second-order valence-electron chi connectivity index (χ2n) is 3.65. The maximum atomic E-state index is 5.88. The van der Waals surface area contributed by atoms with Crippen molar-refractivity contribution in [2.45, 2.75) is 20.3 Å². The van der Waals surface area contributed by atoms with E-state index in [9.17, 15) is 0 Å². The Bertz CT molecular complexity index is 521.